The maximum absolute atomic E-state index is 8.25. The predicted octanol–water partition coefficient (Wildman–Crippen LogP) is 4.70. The summed E-state index contributed by atoms with van der Waals surface area (Å²) in [6.07, 6.45) is 3.58. The van der Waals surface area contributed by atoms with Crippen molar-refractivity contribution in [1.82, 2.24) is 15.0 Å². The fraction of sp³-hybridized carbons (Fsp3) is 0.0455. The van der Waals surface area contributed by atoms with Gasteiger partial charge in [0.1, 0.15) is 0 Å². The molecule has 4 rings (SSSR count). The van der Waals surface area contributed by atoms with Gasteiger partial charge in [-0.15, -0.1) is 0 Å². The van der Waals surface area contributed by atoms with E-state index < -0.39 is 10.2 Å². The van der Waals surface area contributed by atoms with Crippen LogP contribution in [0, 0.1) is 37.6 Å². The van der Waals surface area contributed by atoms with Crippen LogP contribution >= 0.6 is 0 Å². The van der Waals surface area contributed by atoms with Crippen molar-refractivity contribution in [3.63, 3.8) is 0 Å². The quantitative estimate of drug-likeness (QED) is 0.215. The normalized spacial score (nSPS) is 9.21. The Morgan fingerprint density at radius 2 is 1.03 bits per heavy atom. The summed E-state index contributed by atoms with van der Waals surface area (Å²) in [7, 11) is 0. The van der Waals surface area contributed by atoms with Gasteiger partial charge in [-0.25, -0.2) is 4.98 Å². The summed E-state index contributed by atoms with van der Waals surface area (Å²) in [5, 5.41) is 29.5. The average Bonchev–Trinajstić information content (AvgIpc) is 2.80. The van der Waals surface area contributed by atoms with Crippen molar-refractivity contribution < 1.29 is 27.2 Å². The SMILES string of the molecule is Cc1ccc(-c2cc(-c3ccccn3)nc(-c3ccccn3)c2)cc1.O=[N+]([O-])[O-].O=[N+]([O-])[O-].[Cu+2]. The van der Waals surface area contributed by atoms with Crippen molar-refractivity contribution in [3.05, 3.63) is 121 Å². The number of rotatable bonds is 3. The van der Waals surface area contributed by atoms with Gasteiger partial charge in [0.15, 0.2) is 0 Å². The molecule has 0 atom stereocenters. The van der Waals surface area contributed by atoms with Gasteiger partial charge in [-0.05, 0) is 54.4 Å². The minimum Gasteiger partial charge on any atom is -0.356 e. The Bertz CT molecular complexity index is 1120. The molecule has 0 aliphatic rings. The van der Waals surface area contributed by atoms with Crippen molar-refractivity contribution in [2.75, 3.05) is 0 Å². The Balaban J connectivity index is 0.000000563. The van der Waals surface area contributed by atoms with Gasteiger partial charge in [0.2, 0.25) is 0 Å². The molecule has 34 heavy (non-hydrogen) atoms. The van der Waals surface area contributed by atoms with E-state index in [2.05, 4.69) is 53.3 Å². The van der Waals surface area contributed by atoms with E-state index in [4.69, 9.17) is 35.6 Å². The largest absolute Gasteiger partial charge is 2.00 e. The van der Waals surface area contributed by atoms with Crippen molar-refractivity contribution in [2.24, 2.45) is 0 Å². The second-order valence-electron chi connectivity index (χ2n) is 6.37. The maximum atomic E-state index is 8.25. The second-order valence-corrected chi connectivity index (χ2v) is 6.37. The molecule has 3 heterocycles. The standard InChI is InChI=1S/C22H17N3.Cu.2NO3/c1-16-8-10-17(11-9-16)18-14-21(19-6-2-4-12-23-19)25-22(15-18)20-7-3-5-13-24-20;;2*2-1(3)4/h2-15H,1H3;;;/q;+2;2*-1. The minimum atomic E-state index is -1.75. The summed E-state index contributed by atoms with van der Waals surface area (Å²) in [5.74, 6) is 0. The van der Waals surface area contributed by atoms with E-state index in [0.717, 1.165) is 33.9 Å². The van der Waals surface area contributed by atoms with Gasteiger partial charge in [0.25, 0.3) is 0 Å². The van der Waals surface area contributed by atoms with Crippen LogP contribution in [0.25, 0.3) is 33.9 Å². The fourth-order valence-corrected chi connectivity index (χ4v) is 2.73. The molecule has 0 fully saturated rings. The third kappa shape index (κ3) is 9.38. The Hall–Kier alpha value is -4.41. The Morgan fingerprint density at radius 3 is 1.38 bits per heavy atom. The van der Waals surface area contributed by atoms with E-state index in [1.54, 1.807) is 12.4 Å². The van der Waals surface area contributed by atoms with E-state index in [0.29, 0.717) is 0 Å². The summed E-state index contributed by atoms with van der Waals surface area (Å²) >= 11 is 0. The Labute approximate surface area is 204 Å². The summed E-state index contributed by atoms with van der Waals surface area (Å²) in [4.78, 5) is 30.2. The first kappa shape index (κ1) is 27.6. The van der Waals surface area contributed by atoms with Crippen molar-refractivity contribution >= 4 is 0 Å². The predicted molar refractivity (Wildman–Crippen MR) is 122 cm³/mol. The number of aryl methyl sites for hydroxylation is 1. The summed E-state index contributed by atoms with van der Waals surface area (Å²) in [5.41, 5.74) is 6.91. The van der Waals surface area contributed by atoms with Crippen LogP contribution in [0.2, 0.25) is 0 Å². The maximum Gasteiger partial charge on any atom is 2.00 e. The monoisotopic (exact) mass is 510 g/mol. The van der Waals surface area contributed by atoms with Crippen LogP contribution in [0.5, 0.6) is 0 Å². The van der Waals surface area contributed by atoms with Gasteiger partial charge in [-0.3, -0.25) is 9.97 Å². The molecule has 1 aromatic carbocycles. The molecular weight excluding hydrogens is 494 g/mol. The van der Waals surface area contributed by atoms with E-state index in [-0.39, 0.29) is 17.1 Å². The van der Waals surface area contributed by atoms with Crippen LogP contribution in [0.3, 0.4) is 0 Å². The topological polar surface area (TPSA) is 171 Å². The molecule has 0 bridgehead atoms. The molecule has 3 aromatic heterocycles. The molecule has 0 saturated heterocycles. The molecular formula is C22H17CuN5O6. The van der Waals surface area contributed by atoms with Gasteiger partial charge in [-0.1, -0.05) is 42.0 Å². The minimum absolute atomic E-state index is 0. The zero-order valence-corrected chi connectivity index (χ0v) is 18.5. The van der Waals surface area contributed by atoms with Crippen LogP contribution < -0.4 is 0 Å². The van der Waals surface area contributed by atoms with E-state index in [9.17, 15) is 0 Å². The molecule has 0 aliphatic carbocycles. The number of nitrogens with zero attached hydrogens (tertiary/aromatic N) is 5. The molecule has 1 radical (unpaired) electrons. The molecule has 11 nitrogen and oxygen atoms in total. The number of hydrogen-bond donors (Lipinski definition) is 0. The van der Waals surface area contributed by atoms with Crippen LogP contribution in [0.4, 0.5) is 0 Å². The first-order chi connectivity index (χ1) is 15.8. The first-order valence-electron chi connectivity index (χ1n) is 9.31. The molecule has 0 aliphatic heterocycles. The number of hydrogen-bond acceptors (Lipinski definition) is 9. The van der Waals surface area contributed by atoms with Gasteiger partial charge in [0, 0.05) is 12.4 Å². The van der Waals surface area contributed by atoms with Crippen LogP contribution in [-0.2, 0) is 17.1 Å². The van der Waals surface area contributed by atoms with E-state index in [1.165, 1.54) is 5.56 Å². The van der Waals surface area contributed by atoms with E-state index in [1.807, 2.05) is 36.4 Å². The summed E-state index contributed by atoms with van der Waals surface area (Å²) in [6, 6.07) is 24.4. The van der Waals surface area contributed by atoms with Crippen molar-refractivity contribution in [2.45, 2.75) is 6.92 Å². The molecule has 4 aromatic rings. The molecule has 177 valence electrons. The van der Waals surface area contributed by atoms with Gasteiger partial charge in [-0.2, -0.15) is 0 Å². The van der Waals surface area contributed by atoms with E-state index >= 15 is 0 Å². The number of pyridine rings is 3. The average molecular weight is 511 g/mol. The zero-order valence-electron chi connectivity index (χ0n) is 17.6. The zero-order chi connectivity index (χ0) is 24.2. The fourth-order valence-electron chi connectivity index (χ4n) is 2.73. The van der Waals surface area contributed by atoms with Crippen LogP contribution in [0.1, 0.15) is 5.56 Å². The smallest absolute Gasteiger partial charge is 0.356 e. The molecule has 0 spiro atoms. The second kappa shape index (κ2) is 13.9. The molecule has 0 unspecified atom stereocenters. The molecule has 0 amide bonds. The van der Waals surface area contributed by atoms with Crippen molar-refractivity contribution in [1.29, 1.82) is 0 Å². The van der Waals surface area contributed by atoms with Gasteiger partial charge in [0.05, 0.1) is 32.9 Å². The Kier molecular flexibility index (Phi) is 11.3. The van der Waals surface area contributed by atoms with Crippen LogP contribution in [0.15, 0.2) is 85.2 Å². The summed E-state index contributed by atoms with van der Waals surface area (Å²) in [6.45, 7) is 2.09. The van der Waals surface area contributed by atoms with Gasteiger partial charge >= 0.3 is 17.1 Å². The Morgan fingerprint density at radius 1 is 0.618 bits per heavy atom. The third-order valence-electron chi connectivity index (χ3n) is 4.06. The van der Waals surface area contributed by atoms with Crippen molar-refractivity contribution in [3.8, 4) is 33.9 Å². The molecule has 0 saturated carbocycles. The third-order valence-corrected chi connectivity index (χ3v) is 4.06. The summed E-state index contributed by atoms with van der Waals surface area (Å²) < 4.78 is 0. The first-order valence-corrected chi connectivity index (χ1v) is 9.31. The molecule has 12 heteroatoms. The molecule has 0 N–H and O–H groups in total. The van der Waals surface area contributed by atoms with Crippen LogP contribution in [-0.4, -0.2) is 25.1 Å². The van der Waals surface area contributed by atoms with Gasteiger partial charge < -0.3 is 30.6 Å². The number of benzene rings is 1. The number of aromatic nitrogens is 3.